The molecule has 1 aliphatic heterocycles. The molecule has 76 valence electrons. The Kier molecular flexibility index (Phi) is 2.60. The zero-order chi connectivity index (χ0) is 10.1. The molecule has 14 heavy (non-hydrogen) atoms. The molecule has 0 unspecified atom stereocenters. The lowest BCUT2D eigenvalue weighted by Gasteiger charge is -2.26. The van der Waals surface area contributed by atoms with Gasteiger partial charge in [0.1, 0.15) is 0 Å². The van der Waals surface area contributed by atoms with Crippen molar-refractivity contribution < 1.29 is 0 Å². The highest BCUT2D eigenvalue weighted by Crippen LogP contribution is 2.25. The molecule has 1 heterocycles. The van der Waals surface area contributed by atoms with E-state index >= 15 is 0 Å². The van der Waals surface area contributed by atoms with Crippen molar-refractivity contribution in [3.05, 3.63) is 34.9 Å². The maximum Gasteiger partial charge on any atom is 0.0213 e. The number of rotatable bonds is 1. The Bertz CT molecular complexity index is 328. The van der Waals surface area contributed by atoms with Crippen LogP contribution in [-0.4, -0.2) is 6.04 Å². The Labute approximate surface area is 86.5 Å². The van der Waals surface area contributed by atoms with Crippen LogP contribution in [0.3, 0.4) is 0 Å². The number of fused-ring (bicyclic) bond motifs is 1. The van der Waals surface area contributed by atoms with Gasteiger partial charge in [-0.1, -0.05) is 32.0 Å². The molecule has 1 atom stereocenters. The van der Waals surface area contributed by atoms with Crippen LogP contribution in [0, 0.1) is 0 Å². The van der Waals surface area contributed by atoms with Crippen molar-refractivity contribution in [1.82, 2.24) is 5.32 Å². The van der Waals surface area contributed by atoms with Crippen molar-refractivity contribution in [1.29, 1.82) is 0 Å². The van der Waals surface area contributed by atoms with E-state index in [0.29, 0.717) is 12.0 Å². The van der Waals surface area contributed by atoms with Gasteiger partial charge >= 0.3 is 0 Å². The second kappa shape index (κ2) is 3.74. The van der Waals surface area contributed by atoms with Crippen LogP contribution in [0.2, 0.25) is 0 Å². The lowest BCUT2D eigenvalue weighted by atomic mass is 9.88. The minimum absolute atomic E-state index is 0.630. The summed E-state index contributed by atoms with van der Waals surface area (Å²) in [5, 5.41) is 3.53. The molecule has 0 saturated heterocycles. The summed E-state index contributed by atoms with van der Waals surface area (Å²) in [7, 11) is 0. The van der Waals surface area contributed by atoms with E-state index in [9.17, 15) is 0 Å². The summed E-state index contributed by atoms with van der Waals surface area (Å²) in [5.41, 5.74) is 4.60. The first kappa shape index (κ1) is 9.72. The lowest BCUT2D eigenvalue weighted by Crippen LogP contribution is -2.33. The molecule has 1 nitrogen and oxygen atoms in total. The summed E-state index contributed by atoms with van der Waals surface area (Å²) in [4.78, 5) is 0. The Balaban J connectivity index is 2.41. The molecule has 0 saturated carbocycles. The van der Waals surface area contributed by atoms with Crippen molar-refractivity contribution in [2.24, 2.45) is 0 Å². The van der Waals surface area contributed by atoms with Crippen LogP contribution in [0.1, 0.15) is 43.4 Å². The topological polar surface area (TPSA) is 12.0 Å². The van der Waals surface area contributed by atoms with Crippen LogP contribution in [0.5, 0.6) is 0 Å². The van der Waals surface area contributed by atoms with Crippen LogP contribution in [0.4, 0.5) is 0 Å². The molecule has 0 aromatic heterocycles. The fraction of sp³-hybridized carbons (Fsp3) is 0.538. The van der Waals surface area contributed by atoms with Gasteiger partial charge in [0.2, 0.25) is 0 Å². The summed E-state index contributed by atoms with van der Waals surface area (Å²) in [6, 6.07) is 7.37. The Morgan fingerprint density at radius 3 is 2.86 bits per heavy atom. The predicted octanol–water partition coefficient (Wildman–Crippen LogP) is 2.84. The summed E-state index contributed by atoms with van der Waals surface area (Å²) < 4.78 is 0. The Morgan fingerprint density at radius 2 is 2.14 bits per heavy atom. The Morgan fingerprint density at radius 1 is 1.36 bits per heavy atom. The maximum absolute atomic E-state index is 3.53. The lowest BCUT2D eigenvalue weighted by molar-refractivity contribution is 0.509. The molecular weight excluding hydrogens is 170 g/mol. The van der Waals surface area contributed by atoms with Crippen molar-refractivity contribution >= 4 is 0 Å². The SMILES string of the molecule is CC(C)c1cccc2c1CN[C@H](C)C2. The fourth-order valence-corrected chi connectivity index (χ4v) is 2.28. The van der Waals surface area contributed by atoms with Gasteiger partial charge in [-0.25, -0.2) is 0 Å². The molecule has 1 aromatic rings. The Hall–Kier alpha value is -0.820. The van der Waals surface area contributed by atoms with Gasteiger partial charge < -0.3 is 5.32 Å². The van der Waals surface area contributed by atoms with Gasteiger partial charge in [-0.3, -0.25) is 0 Å². The molecule has 1 N–H and O–H groups in total. The molecule has 0 radical (unpaired) electrons. The van der Waals surface area contributed by atoms with Gasteiger partial charge in [-0.05, 0) is 36.0 Å². The molecule has 0 spiro atoms. The van der Waals surface area contributed by atoms with Gasteiger partial charge in [-0.2, -0.15) is 0 Å². The van der Waals surface area contributed by atoms with Crippen molar-refractivity contribution in [3.63, 3.8) is 0 Å². The van der Waals surface area contributed by atoms with E-state index in [1.165, 1.54) is 12.0 Å². The summed E-state index contributed by atoms with van der Waals surface area (Å²) in [6.45, 7) is 7.84. The average Bonchev–Trinajstić information content (AvgIpc) is 2.16. The van der Waals surface area contributed by atoms with E-state index < -0.39 is 0 Å². The molecule has 0 fully saturated rings. The molecule has 1 aliphatic rings. The third-order valence-electron chi connectivity index (χ3n) is 3.08. The van der Waals surface area contributed by atoms with Crippen molar-refractivity contribution in [2.75, 3.05) is 0 Å². The van der Waals surface area contributed by atoms with Gasteiger partial charge in [-0.15, -0.1) is 0 Å². The zero-order valence-corrected chi connectivity index (χ0v) is 9.30. The van der Waals surface area contributed by atoms with Crippen LogP contribution in [-0.2, 0) is 13.0 Å². The minimum Gasteiger partial charge on any atom is -0.310 e. The smallest absolute Gasteiger partial charge is 0.0213 e. The first-order valence-corrected chi connectivity index (χ1v) is 5.52. The van der Waals surface area contributed by atoms with Crippen molar-refractivity contribution in [3.8, 4) is 0 Å². The van der Waals surface area contributed by atoms with Gasteiger partial charge in [0.15, 0.2) is 0 Å². The van der Waals surface area contributed by atoms with Gasteiger partial charge in [0.05, 0.1) is 0 Å². The molecule has 0 aliphatic carbocycles. The summed E-state index contributed by atoms with van der Waals surface area (Å²) >= 11 is 0. The largest absolute Gasteiger partial charge is 0.310 e. The third-order valence-corrected chi connectivity index (χ3v) is 3.08. The molecule has 2 rings (SSSR count). The number of hydrogen-bond acceptors (Lipinski definition) is 1. The quantitative estimate of drug-likeness (QED) is 0.716. The van der Waals surface area contributed by atoms with Crippen LogP contribution in [0.15, 0.2) is 18.2 Å². The van der Waals surface area contributed by atoms with Crippen LogP contribution in [0.25, 0.3) is 0 Å². The zero-order valence-electron chi connectivity index (χ0n) is 9.30. The fourth-order valence-electron chi connectivity index (χ4n) is 2.28. The molecule has 0 amide bonds. The predicted molar refractivity (Wildman–Crippen MR) is 60.5 cm³/mol. The standard InChI is InChI=1S/C13H19N/c1-9(2)12-6-4-5-11-7-10(3)14-8-13(11)12/h4-6,9-10,14H,7-8H2,1-3H3/t10-/m1/s1. The first-order chi connectivity index (χ1) is 6.68. The minimum atomic E-state index is 0.630. The highest BCUT2D eigenvalue weighted by atomic mass is 14.9. The first-order valence-electron chi connectivity index (χ1n) is 5.52. The van der Waals surface area contributed by atoms with Gasteiger partial charge in [0.25, 0.3) is 0 Å². The molecule has 0 bridgehead atoms. The monoisotopic (exact) mass is 189 g/mol. The molecular formula is C13H19N. The average molecular weight is 189 g/mol. The van der Waals surface area contributed by atoms with E-state index in [4.69, 9.17) is 0 Å². The van der Waals surface area contributed by atoms with E-state index in [0.717, 1.165) is 6.54 Å². The summed E-state index contributed by atoms with van der Waals surface area (Å²) in [5.74, 6) is 0.639. The number of nitrogens with one attached hydrogen (secondary N) is 1. The third kappa shape index (κ3) is 1.69. The second-order valence-electron chi connectivity index (χ2n) is 4.63. The van der Waals surface area contributed by atoms with Crippen LogP contribution >= 0.6 is 0 Å². The van der Waals surface area contributed by atoms with Crippen LogP contribution < -0.4 is 5.32 Å². The highest BCUT2D eigenvalue weighted by Gasteiger charge is 2.17. The molecule has 1 aromatic carbocycles. The second-order valence-corrected chi connectivity index (χ2v) is 4.63. The molecule has 1 heteroatoms. The number of benzene rings is 1. The van der Waals surface area contributed by atoms with Crippen molar-refractivity contribution in [2.45, 2.75) is 45.7 Å². The normalized spacial score (nSPS) is 21.0. The van der Waals surface area contributed by atoms with E-state index in [2.05, 4.69) is 44.3 Å². The van der Waals surface area contributed by atoms with E-state index in [1.807, 2.05) is 0 Å². The van der Waals surface area contributed by atoms with E-state index in [-0.39, 0.29) is 0 Å². The maximum atomic E-state index is 3.53. The summed E-state index contributed by atoms with van der Waals surface area (Å²) in [6.07, 6.45) is 1.18. The highest BCUT2D eigenvalue weighted by molar-refractivity contribution is 5.39. The number of hydrogen-bond donors (Lipinski definition) is 1. The van der Waals surface area contributed by atoms with E-state index in [1.54, 1.807) is 11.1 Å². The van der Waals surface area contributed by atoms with Gasteiger partial charge in [0, 0.05) is 12.6 Å².